The van der Waals surface area contributed by atoms with Crippen LogP contribution in [-0.4, -0.2) is 33.4 Å². The van der Waals surface area contributed by atoms with Crippen LogP contribution in [0.1, 0.15) is 27.0 Å². The second kappa shape index (κ2) is 9.09. The molecule has 0 N–H and O–H groups in total. The zero-order valence-electron chi connectivity index (χ0n) is 17.2. The van der Waals surface area contributed by atoms with E-state index in [1.807, 2.05) is 61.7 Å². The van der Waals surface area contributed by atoms with E-state index in [0.29, 0.717) is 23.3 Å². The highest BCUT2D eigenvalue weighted by atomic mass is 32.2. The number of Topliss-reactive ketones (excluding diaryl/α,β-unsaturated/α-hetero) is 1. The summed E-state index contributed by atoms with van der Waals surface area (Å²) in [6, 6.07) is 11.8. The highest BCUT2D eigenvalue weighted by Crippen LogP contribution is 2.31. The number of rotatable bonds is 8. The third-order valence-electron chi connectivity index (χ3n) is 4.66. The Bertz CT molecular complexity index is 1030. The van der Waals surface area contributed by atoms with E-state index in [-0.39, 0.29) is 5.78 Å². The van der Waals surface area contributed by atoms with Crippen LogP contribution in [0.2, 0.25) is 0 Å². The van der Waals surface area contributed by atoms with E-state index >= 15 is 0 Å². The summed E-state index contributed by atoms with van der Waals surface area (Å²) in [4.78, 5) is 12.9. The zero-order chi connectivity index (χ0) is 21.0. The van der Waals surface area contributed by atoms with Crippen molar-refractivity contribution in [2.24, 2.45) is 0 Å². The molecule has 0 aliphatic rings. The van der Waals surface area contributed by atoms with Crippen LogP contribution in [-0.2, 0) is 6.54 Å². The predicted octanol–water partition coefficient (Wildman–Crippen LogP) is 5.04. The number of aromatic nitrogens is 3. The topological polar surface area (TPSA) is 57.0 Å². The molecule has 6 heteroatoms. The Morgan fingerprint density at radius 3 is 2.52 bits per heavy atom. The molecule has 0 atom stereocenters. The fourth-order valence-electron chi connectivity index (χ4n) is 3.54. The summed E-state index contributed by atoms with van der Waals surface area (Å²) in [6.07, 6.45) is 1.79. The van der Waals surface area contributed by atoms with E-state index in [1.165, 1.54) is 11.8 Å². The van der Waals surface area contributed by atoms with Crippen molar-refractivity contribution in [3.63, 3.8) is 0 Å². The van der Waals surface area contributed by atoms with Crippen molar-refractivity contribution in [2.75, 3.05) is 12.9 Å². The van der Waals surface area contributed by atoms with Crippen molar-refractivity contribution in [1.82, 2.24) is 14.8 Å². The maximum absolute atomic E-state index is 12.9. The lowest BCUT2D eigenvalue weighted by Gasteiger charge is -2.12. The molecule has 0 bridgehead atoms. The van der Waals surface area contributed by atoms with Gasteiger partial charge in [-0.1, -0.05) is 47.7 Å². The van der Waals surface area contributed by atoms with Crippen LogP contribution in [0.5, 0.6) is 5.75 Å². The molecule has 0 amide bonds. The van der Waals surface area contributed by atoms with Crippen molar-refractivity contribution in [1.29, 1.82) is 0 Å². The first-order valence-electron chi connectivity index (χ1n) is 9.37. The van der Waals surface area contributed by atoms with Crippen LogP contribution in [0.25, 0.3) is 11.4 Å². The Kier molecular flexibility index (Phi) is 6.54. The van der Waals surface area contributed by atoms with E-state index in [2.05, 4.69) is 16.8 Å². The van der Waals surface area contributed by atoms with E-state index in [1.54, 1.807) is 13.2 Å². The monoisotopic (exact) mass is 407 g/mol. The number of thioether (sulfide) groups is 1. The van der Waals surface area contributed by atoms with Crippen LogP contribution >= 0.6 is 11.8 Å². The number of aryl methyl sites for hydroxylation is 3. The molecule has 0 unspecified atom stereocenters. The molecule has 1 aromatic heterocycles. The number of allylic oxidation sites excluding steroid dienone is 1. The molecule has 0 saturated heterocycles. The average Bonchev–Trinajstić information content (AvgIpc) is 3.08. The predicted molar refractivity (Wildman–Crippen MR) is 118 cm³/mol. The third kappa shape index (κ3) is 4.43. The van der Waals surface area contributed by atoms with Crippen LogP contribution in [0.3, 0.4) is 0 Å². The van der Waals surface area contributed by atoms with Gasteiger partial charge in [0, 0.05) is 12.1 Å². The number of para-hydroxylation sites is 1. The van der Waals surface area contributed by atoms with Crippen LogP contribution < -0.4 is 4.74 Å². The molecule has 150 valence electrons. The Labute approximate surface area is 175 Å². The molecule has 0 aliphatic heterocycles. The Hall–Kier alpha value is -2.86. The van der Waals surface area contributed by atoms with E-state index in [4.69, 9.17) is 4.74 Å². The van der Waals surface area contributed by atoms with Crippen molar-refractivity contribution >= 4 is 17.5 Å². The molecule has 3 rings (SSSR count). The summed E-state index contributed by atoms with van der Waals surface area (Å²) >= 11 is 1.39. The number of ether oxygens (including phenoxy) is 1. The molecule has 0 radical (unpaired) electrons. The van der Waals surface area contributed by atoms with Crippen molar-refractivity contribution < 1.29 is 9.53 Å². The first-order chi connectivity index (χ1) is 14.0. The summed E-state index contributed by atoms with van der Waals surface area (Å²) in [5.74, 6) is 1.81. The van der Waals surface area contributed by atoms with Gasteiger partial charge < -0.3 is 4.74 Å². The van der Waals surface area contributed by atoms with Gasteiger partial charge in [0.15, 0.2) is 16.8 Å². The number of methoxy groups -OCH3 is 1. The second-order valence-electron chi connectivity index (χ2n) is 6.89. The fourth-order valence-corrected chi connectivity index (χ4v) is 4.36. The smallest absolute Gasteiger partial charge is 0.192 e. The lowest BCUT2D eigenvalue weighted by molar-refractivity contribution is 0.102. The molecule has 3 aromatic rings. The van der Waals surface area contributed by atoms with Crippen molar-refractivity contribution in [2.45, 2.75) is 32.5 Å². The Morgan fingerprint density at radius 1 is 1.17 bits per heavy atom. The molecular formula is C23H25N3O2S. The minimum Gasteiger partial charge on any atom is -0.496 e. The number of carbonyl (C=O) groups excluding carboxylic acids is 1. The van der Waals surface area contributed by atoms with Gasteiger partial charge in [-0.2, -0.15) is 0 Å². The van der Waals surface area contributed by atoms with E-state index in [0.717, 1.165) is 33.6 Å². The number of hydrogen-bond donors (Lipinski definition) is 0. The standard InChI is InChI=1S/C23H25N3O2S/c1-6-11-26-22(18-9-7-8-10-20(18)28-5)24-25-23(26)29-14-19(27)21-16(3)12-15(2)13-17(21)4/h6-10,12-13H,1,11,14H2,2-5H3. The van der Waals surface area contributed by atoms with Gasteiger partial charge in [-0.05, 0) is 44.0 Å². The molecular weight excluding hydrogens is 382 g/mol. The van der Waals surface area contributed by atoms with Gasteiger partial charge in [-0.15, -0.1) is 16.8 Å². The summed E-state index contributed by atoms with van der Waals surface area (Å²) in [5, 5.41) is 9.38. The summed E-state index contributed by atoms with van der Waals surface area (Å²) in [6.45, 7) is 10.4. The van der Waals surface area contributed by atoms with Crippen molar-refractivity contribution in [3.8, 4) is 17.1 Å². The molecule has 0 spiro atoms. The summed E-state index contributed by atoms with van der Waals surface area (Å²) in [7, 11) is 1.63. The number of ketones is 1. The number of nitrogens with zero attached hydrogens (tertiary/aromatic N) is 3. The normalized spacial score (nSPS) is 10.8. The molecule has 0 aliphatic carbocycles. The maximum atomic E-state index is 12.9. The van der Waals surface area contributed by atoms with E-state index in [9.17, 15) is 4.79 Å². The van der Waals surface area contributed by atoms with Gasteiger partial charge in [0.1, 0.15) is 5.75 Å². The highest BCUT2D eigenvalue weighted by molar-refractivity contribution is 7.99. The second-order valence-corrected chi connectivity index (χ2v) is 7.83. The number of hydrogen-bond acceptors (Lipinski definition) is 5. The molecule has 5 nitrogen and oxygen atoms in total. The molecule has 1 heterocycles. The SMILES string of the molecule is C=CCn1c(SCC(=O)c2c(C)cc(C)cc2C)nnc1-c1ccccc1OC. The lowest BCUT2D eigenvalue weighted by atomic mass is 9.97. The molecule has 0 fully saturated rings. The largest absolute Gasteiger partial charge is 0.496 e. The summed E-state index contributed by atoms with van der Waals surface area (Å²) in [5.41, 5.74) is 4.83. The number of carbonyl (C=O) groups is 1. The maximum Gasteiger partial charge on any atom is 0.192 e. The zero-order valence-corrected chi connectivity index (χ0v) is 18.0. The molecule has 0 saturated carbocycles. The lowest BCUT2D eigenvalue weighted by Crippen LogP contribution is -2.09. The van der Waals surface area contributed by atoms with Gasteiger partial charge in [-0.25, -0.2) is 0 Å². The first kappa shape index (κ1) is 20.9. The Balaban J connectivity index is 1.88. The molecule has 29 heavy (non-hydrogen) atoms. The number of benzene rings is 2. The fraction of sp³-hybridized carbons (Fsp3) is 0.261. The van der Waals surface area contributed by atoms with Gasteiger partial charge in [0.25, 0.3) is 0 Å². The quantitative estimate of drug-likeness (QED) is 0.297. The van der Waals surface area contributed by atoms with Crippen LogP contribution in [0, 0.1) is 20.8 Å². The van der Waals surface area contributed by atoms with Crippen LogP contribution in [0.15, 0.2) is 54.2 Å². The minimum absolute atomic E-state index is 0.0944. The average molecular weight is 408 g/mol. The van der Waals surface area contributed by atoms with Gasteiger partial charge in [0.2, 0.25) is 0 Å². The van der Waals surface area contributed by atoms with Gasteiger partial charge in [0.05, 0.1) is 18.4 Å². The first-order valence-corrected chi connectivity index (χ1v) is 10.4. The van der Waals surface area contributed by atoms with Gasteiger partial charge in [-0.3, -0.25) is 9.36 Å². The Morgan fingerprint density at radius 2 is 1.86 bits per heavy atom. The molecule has 2 aromatic carbocycles. The van der Waals surface area contributed by atoms with Crippen LogP contribution in [0.4, 0.5) is 0 Å². The highest BCUT2D eigenvalue weighted by Gasteiger charge is 2.19. The van der Waals surface area contributed by atoms with Crippen molar-refractivity contribution in [3.05, 3.63) is 71.3 Å². The summed E-state index contributed by atoms with van der Waals surface area (Å²) < 4.78 is 7.42. The van der Waals surface area contributed by atoms with E-state index < -0.39 is 0 Å². The van der Waals surface area contributed by atoms with Gasteiger partial charge >= 0.3 is 0 Å². The minimum atomic E-state index is 0.0944. The third-order valence-corrected chi connectivity index (χ3v) is 5.63.